The van der Waals surface area contributed by atoms with Crippen molar-refractivity contribution in [2.75, 3.05) is 17.7 Å². The second kappa shape index (κ2) is 5.19. The van der Waals surface area contributed by atoms with E-state index < -0.39 is 0 Å². The van der Waals surface area contributed by atoms with Crippen LogP contribution in [-0.4, -0.2) is 18.6 Å². The maximum atomic E-state index is 11.9. The maximum Gasteiger partial charge on any atom is 0.253 e. The molecular formula is C13H18N2O2. The molecule has 17 heavy (non-hydrogen) atoms. The van der Waals surface area contributed by atoms with Gasteiger partial charge in [-0.1, -0.05) is 6.07 Å². The van der Waals surface area contributed by atoms with E-state index in [0.29, 0.717) is 18.0 Å². The number of benzene rings is 1. The first kappa shape index (κ1) is 11.9. The van der Waals surface area contributed by atoms with E-state index in [4.69, 9.17) is 10.5 Å². The Morgan fingerprint density at radius 3 is 3.00 bits per heavy atom. The summed E-state index contributed by atoms with van der Waals surface area (Å²) in [6, 6.07) is 5.59. The van der Waals surface area contributed by atoms with Gasteiger partial charge in [-0.2, -0.15) is 0 Å². The molecule has 0 spiro atoms. The number of anilines is 2. The Bertz CT molecular complexity index is 412. The van der Waals surface area contributed by atoms with Crippen molar-refractivity contribution < 1.29 is 9.53 Å². The van der Waals surface area contributed by atoms with Crippen molar-refractivity contribution in [3.63, 3.8) is 0 Å². The summed E-state index contributed by atoms with van der Waals surface area (Å²) in [7, 11) is 0. The van der Waals surface area contributed by atoms with Crippen LogP contribution in [0.15, 0.2) is 18.2 Å². The van der Waals surface area contributed by atoms with Gasteiger partial charge >= 0.3 is 0 Å². The first-order valence-electron chi connectivity index (χ1n) is 5.95. The zero-order valence-electron chi connectivity index (χ0n) is 10.0. The van der Waals surface area contributed by atoms with Gasteiger partial charge in [0, 0.05) is 6.61 Å². The summed E-state index contributed by atoms with van der Waals surface area (Å²) in [5.74, 6) is -0.0954. The molecular weight excluding hydrogens is 216 g/mol. The molecule has 1 atom stereocenters. The lowest BCUT2D eigenvalue weighted by Crippen LogP contribution is -2.33. The van der Waals surface area contributed by atoms with Gasteiger partial charge in [-0.15, -0.1) is 0 Å². The summed E-state index contributed by atoms with van der Waals surface area (Å²) in [6.07, 6.45) is 2.54. The molecule has 0 saturated carbocycles. The van der Waals surface area contributed by atoms with E-state index in [1.807, 2.05) is 19.1 Å². The molecule has 92 valence electrons. The highest BCUT2D eigenvalue weighted by atomic mass is 16.5. The monoisotopic (exact) mass is 234 g/mol. The third-order valence-electron chi connectivity index (χ3n) is 2.94. The van der Waals surface area contributed by atoms with Gasteiger partial charge < -0.3 is 15.8 Å². The number of nitrogen functional groups attached to an aromatic ring is 1. The second-order valence-electron chi connectivity index (χ2n) is 4.44. The zero-order chi connectivity index (χ0) is 12.3. The van der Waals surface area contributed by atoms with E-state index in [1.54, 1.807) is 6.07 Å². The molecule has 1 aromatic carbocycles. The summed E-state index contributed by atoms with van der Waals surface area (Å²) in [6.45, 7) is 2.63. The number of nitrogens with one attached hydrogen (secondary N) is 1. The van der Waals surface area contributed by atoms with Gasteiger partial charge in [0.1, 0.15) is 6.10 Å². The van der Waals surface area contributed by atoms with E-state index in [9.17, 15) is 4.79 Å². The molecule has 1 unspecified atom stereocenters. The summed E-state index contributed by atoms with van der Waals surface area (Å²) >= 11 is 0. The third-order valence-corrected chi connectivity index (χ3v) is 2.94. The predicted octanol–water partition coefficient (Wildman–Crippen LogP) is 2.08. The van der Waals surface area contributed by atoms with E-state index in [2.05, 4.69) is 5.32 Å². The average Bonchev–Trinajstić information content (AvgIpc) is 2.35. The minimum atomic E-state index is -0.330. The minimum Gasteiger partial charge on any atom is -0.397 e. The Hall–Kier alpha value is -1.55. The highest BCUT2D eigenvalue weighted by Gasteiger charge is 2.22. The lowest BCUT2D eigenvalue weighted by Gasteiger charge is -2.22. The van der Waals surface area contributed by atoms with Crippen molar-refractivity contribution >= 4 is 17.3 Å². The highest BCUT2D eigenvalue weighted by Crippen LogP contribution is 2.21. The quantitative estimate of drug-likeness (QED) is 0.770. The first-order chi connectivity index (χ1) is 8.16. The average molecular weight is 234 g/mol. The smallest absolute Gasteiger partial charge is 0.253 e. The SMILES string of the molecule is Cc1ccc(N)c(NC(=O)C2CCCCO2)c1. The van der Waals surface area contributed by atoms with Crippen molar-refractivity contribution in [2.24, 2.45) is 0 Å². The molecule has 2 rings (SSSR count). The molecule has 0 aliphatic carbocycles. The van der Waals surface area contributed by atoms with E-state index in [1.165, 1.54) is 0 Å². The van der Waals surface area contributed by atoms with Crippen LogP contribution in [0.25, 0.3) is 0 Å². The van der Waals surface area contributed by atoms with Gasteiger partial charge in [0.2, 0.25) is 0 Å². The number of carbonyl (C=O) groups excluding carboxylic acids is 1. The van der Waals surface area contributed by atoms with Crippen molar-refractivity contribution in [3.8, 4) is 0 Å². The Balaban J connectivity index is 2.04. The normalized spacial score (nSPS) is 19.9. The number of ether oxygens (including phenoxy) is 1. The molecule has 1 saturated heterocycles. The third kappa shape index (κ3) is 2.97. The number of carbonyl (C=O) groups is 1. The van der Waals surface area contributed by atoms with Gasteiger partial charge in [0.05, 0.1) is 11.4 Å². The summed E-state index contributed by atoms with van der Waals surface area (Å²) in [5.41, 5.74) is 8.13. The first-order valence-corrected chi connectivity index (χ1v) is 5.95. The number of aryl methyl sites for hydroxylation is 1. The summed E-state index contributed by atoms with van der Waals surface area (Å²) in [5, 5.41) is 2.83. The molecule has 1 fully saturated rings. The Morgan fingerprint density at radius 2 is 2.29 bits per heavy atom. The number of nitrogens with two attached hydrogens (primary N) is 1. The molecule has 0 bridgehead atoms. The van der Waals surface area contributed by atoms with Crippen LogP contribution in [0.4, 0.5) is 11.4 Å². The molecule has 4 heteroatoms. The minimum absolute atomic E-state index is 0.0954. The fourth-order valence-electron chi connectivity index (χ4n) is 1.94. The van der Waals surface area contributed by atoms with E-state index in [-0.39, 0.29) is 12.0 Å². The number of rotatable bonds is 2. The van der Waals surface area contributed by atoms with E-state index in [0.717, 1.165) is 24.8 Å². The molecule has 4 nitrogen and oxygen atoms in total. The molecule has 1 amide bonds. The molecule has 1 aromatic rings. The molecule has 0 aromatic heterocycles. The highest BCUT2D eigenvalue weighted by molar-refractivity contribution is 5.96. The maximum absolute atomic E-state index is 11.9. The standard InChI is InChI=1S/C13H18N2O2/c1-9-5-6-10(14)11(8-9)15-13(16)12-4-2-3-7-17-12/h5-6,8,12H,2-4,7,14H2,1H3,(H,15,16). The lowest BCUT2D eigenvalue weighted by molar-refractivity contribution is -0.129. The van der Waals surface area contributed by atoms with Crippen molar-refractivity contribution in [1.82, 2.24) is 0 Å². The van der Waals surface area contributed by atoms with Crippen molar-refractivity contribution in [1.29, 1.82) is 0 Å². The Labute approximate surface area is 101 Å². The van der Waals surface area contributed by atoms with Crippen LogP contribution >= 0.6 is 0 Å². The molecule has 0 radical (unpaired) electrons. The molecule has 1 heterocycles. The molecule has 1 aliphatic rings. The number of amides is 1. The largest absolute Gasteiger partial charge is 0.397 e. The van der Waals surface area contributed by atoms with Crippen LogP contribution < -0.4 is 11.1 Å². The Morgan fingerprint density at radius 1 is 1.47 bits per heavy atom. The van der Waals surface area contributed by atoms with Crippen LogP contribution in [-0.2, 0) is 9.53 Å². The van der Waals surface area contributed by atoms with Gasteiger partial charge in [-0.3, -0.25) is 4.79 Å². The van der Waals surface area contributed by atoms with Gasteiger partial charge in [-0.25, -0.2) is 0 Å². The van der Waals surface area contributed by atoms with Crippen LogP contribution in [0.2, 0.25) is 0 Å². The Kier molecular flexibility index (Phi) is 3.64. The van der Waals surface area contributed by atoms with Crippen molar-refractivity contribution in [3.05, 3.63) is 23.8 Å². The van der Waals surface area contributed by atoms with E-state index >= 15 is 0 Å². The fourth-order valence-corrected chi connectivity index (χ4v) is 1.94. The second-order valence-corrected chi connectivity index (χ2v) is 4.44. The summed E-state index contributed by atoms with van der Waals surface area (Å²) < 4.78 is 5.43. The van der Waals surface area contributed by atoms with Crippen LogP contribution in [0.1, 0.15) is 24.8 Å². The van der Waals surface area contributed by atoms with Gasteiger partial charge in [-0.05, 0) is 43.9 Å². The van der Waals surface area contributed by atoms with Gasteiger partial charge in [0.15, 0.2) is 0 Å². The fraction of sp³-hybridized carbons (Fsp3) is 0.462. The predicted molar refractivity (Wildman–Crippen MR) is 67.8 cm³/mol. The van der Waals surface area contributed by atoms with Crippen LogP contribution in [0.3, 0.4) is 0 Å². The lowest BCUT2D eigenvalue weighted by atomic mass is 10.1. The number of hydrogen-bond donors (Lipinski definition) is 2. The topological polar surface area (TPSA) is 64.3 Å². The zero-order valence-corrected chi connectivity index (χ0v) is 10.0. The molecule has 1 aliphatic heterocycles. The van der Waals surface area contributed by atoms with Crippen molar-refractivity contribution in [2.45, 2.75) is 32.3 Å². The molecule has 3 N–H and O–H groups in total. The van der Waals surface area contributed by atoms with Gasteiger partial charge in [0.25, 0.3) is 5.91 Å². The summed E-state index contributed by atoms with van der Waals surface area (Å²) in [4.78, 5) is 11.9. The van der Waals surface area contributed by atoms with Crippen LogP contribution in [0.5, 0.6) is 0 Å². The number of hydrogen-bond acceptors (Lipinski definition) is 3. The van der Waals surface area contributed by atoms with Crippen LogP contribution in [0, 0.1) is 6.92 Å².